The molecule has 0 radical (unpaired) electrons. The first-order chi connectivity index (χ1) is 11.1. The number of aryl methyl sites for hydroxylation is 1. The molecule has 0 bridgehead atoms. The first-order valence-corrected chi connectivity index (χ1v) is 8.13. The van der Waals surface area contributed by atoms with Crippen molar-refractivity contribution in [2.24, 2.45) is 0 Å². The monoisotopic (exact) mass is 320 g/mol. The summed E-state index contributed by atoms with van der Waals surface area (Å²) in [4.78, 5) is 0. The van der Waals surface area contributed by atoms with Gasteiger partial charge >= 0.3 is 0 Å². The van der Waals surface area contributed by atoms with Gasteiger partial charge in [-0.05, 0) is 49.9 Å². The first-order valence-electron chi connectivity index (χ1n) is 8.13. The second kappa shape index (κ2) is 4.83. The van der Waals surface area contributed by atoms with Crippen LogP contribution in [0.25, 0.3) is 0 Å². The summed E-state index contributed by atoms with van der Waals surface area (Å²) >= 11 is 0. The maximum Gasteiger partial charge on any atom is 0.231 e. The number of hydrogen-bond acceptors (Lipinski definition) is 6. The average molecular weight is 320 g/mol. The number of ether oxygens (including phenoxy) is 6. The maximum absolute atomic E-state index is 6.17. The third-order valence-corrected chi connectivity index (χ3v) is 4.91. The van der Waals surface area contributed by atoms with Crippen molar-refractivity contribution >= 4 is 0 Å². The molecule has 0 N–H and O–H groups in total. The van der Waals surface area contributed by atoms with E-state index in [0.717, 1.165) is 29.9 Å². The molecule has 0 aromatic heterocycles. The molecule has 1 aromatic rings. The van der Waals surface area contributed by atoms with Crippen molar-refractivity contribution in [1.29, 1.82) is 0 Å². The van der Waals surface area contributed by atoms with E-state index < -0.39 is 5.79 Å². The molecule has 0 saturated carbocycles. The molecule has 124 valence electrons. The predicted molar refractivity (Wildman–Crippen MR) is 78.2 cm³/mol. The summed E-state index contributed by atoms with van der Waals surface area (Å²) in [6, 6.07) is 4.09. The molecule has 2 fully saturated rings. The molecular formula is C17H20O6. The van der Waals surface area contributed by atoms with E-state index in [1.165, 1.54) is 5.56 Å². The fourth-order valence-corrected chi connectivity index (χ4v) is 3.86. The fourth-order valence-electron chi connectivity index (χ4n) is 3.86. The maximum atomic E-state index is 6.17. The van der Waals surface area contributed by atoms with Gasteiger partial charge in [-0.15, -0.1) is 0 Å². The van der Waals surface area contributed by atoms with Gasteiger partial charge in [0.25, 0.3) is 0 Å². The smallest absolute Gasteiger partial charge is 0.231 e. The zero-order valence-corrected chi connectivity index (χ0v) is 13.2. The molecule has 6 nitrogen and oxygen atoms in total. The Kier molecular flexibility index (Phi) is 2.95. The topological polar surface area (TPSA) is 55.4 Å². The molecule has 2 saturated heterocycles. The minimum absolute atomic E-state index is 0.000303. The van der Waals surface area contributed by atoms with Gasteiger partial charge < -0.3 is 28.4 Å². The van der Waals surface area contributed by atoms with Crippen molar-refractivity contribution in [3.63, 3.8) is 0 Å². The van der Waals surface area contributed by atoms with Crippen LogP contribution < -0.4 is 9.47 Å². The van der Waals surface area contributed by atoms with Gasteiger partial charge in [0.15, 0.2) is 23.6 Å². The van der Waals surface area contributed by atoms with Crippen LogP contribution in [-0.2, 0) is 32.0 Å². The Hall–Kier alpha value is -1.34. The molecule has 4 aliphatic rings. The highest BCUT2D eigenvalue weighted by atomic mass is 16.8. The fraction of sp³-hybridized carbons (Fsp3) is 0.647. The highest BCUT2D eigenvalue weighted by Gasteiger charge is 2.55. The predicted octanol–water partition coefficient (Wildman–Crippen LogP) is 2.12. The van der Waals surface area contributed by atoms with E-state index in [1.54, 1.807) is 0 Å². The molecule has 1 aromatic carbocycles. The van der Waals surface area contributed by atoms with Crippen LogP contribution in [0.4, 0.5) is 0 Å². The number of hydrogen-bond donors (Lipinski definition) is 0. The van der Waals surface area contributed by atoms with E-state index in [2.05, 4.69) is 6.07 Å². The summed E-state index contributed by atoms with van der Waals surface area (Å²) in [6.45, 7) is 4.62. The standard InChI is InChI=1S/C17H20O6/c1-17(2)22-15-14-11(21-16(15)23-17)4-3-9-5-12-13(20-8-19-12)6-10(9)7-18-14/h5-6,11,14-16H,3-4,7-8H2,1-2H3/t11-,14+,15-,16-/m1/s1. The quantitative estimate of drug-likeness (QED) is 0.730. The number of benzene rings is 1. The lowest BCUT2D eigenvalue weighted by molar-refractivity contribution is -0.220. The van der Waals surface area contributed by atoms with Gasteiger partial charge in [-0.2, -0.15) is 0 Å². The zero-order chi connectivity index (χ0) is 15.6. The minimum Gasteiger partial charge on any atom is -0.454 e. The molecule has 23 heavy (non-hydrogen) atoms. The summed E-state index contributed by atoms with van der Waals surface area (Å²) in [5.41, 5.74) is 2.38. The lowest BCUT2D eigenvalue weighted by Crippen LogP contribution is -2.37. The molecule has 0 aliphatic carbocycles. The van der Waals surface area contributed by atoms with E-state index in [4.69, 9.17) is 28.4 Å². The molecule has 5 rings (SSSR count). The SMILES string of the molecule is CC1(C)O[C@H]2O[C@@H]3CCc4cc5c(cc4CO[C@@H]3[C@H]2O1)OCO5. The highest BCUT2D eigenvalue weighted by Crippen LogP contribution is 2.42. The Labute approximate surface area is 134 Å². The Bertz CT molecular complexity index is 642. The van der Waals surface area contributed by atoms with Gasteiger partial charge in [-0.1, -0.05) is 0 Å². The Balaban J connectivity index is 1.41. The van der Waals surface area contributed by atoms with E-state index in [0.29, 0.717) is 6.61 Å². The second-order valence-corrected chi connectivity index (χ2v) is 6.93. The van der Waals surface area contributed by atoms with E-state index in [-0.39, 0.29) is 31.4 Å². The molecule has 4 aliphatic heterocycles. The summed E-state index contributed by atoms with van der Waals surface area (Å²) in [5, 5.41) is 0. The van der Waals surface area contributed by atoms with Gasteiger partial charge in [0.1, 0.15) is 12.2 Å². The molecule has 4 heterocycles. The number of fused-ring (bicyclic) bond motifs is 5. The van der Waals surface area contributed by atoms with Crippen molar-refractivity contribution in [2.75, 3.05) is 6.79 Å². The van der Waals surface area contributed by atoms with Gasteiger partial charge in [0, 0.05) is 0 Å². The van der Waals surface area contributed by atoms with E-state index >= 15 is 0 Å². The molecule has 0 amide bonds. The van der Waals surface area contributed by atoms with Crippen molar-refractivity contribution < 1.29 is 28.4 Å². The normalized spacial score (nSPS) is 36.8. The summed E-state index contributed by atoms with van der Waals surface area (Å²) < 4.78 is 35.0. The Morgan fingerprint density at radius 3 is 2.61 bits per heavy atom. The van der Waals surface area contributed by atoms with Crippen LogP contribution in [0.2, 0.25) is 0 Å². The van der Waals surface area contributed by atoms with E-state index in [1.807, 2.05) is 19.9 Å². The number of rotatable bonds is 0. The van der Waals surface area contributed by atoms with Gasteiger partial charge in [-0.25, -0.2) is 0 Å². The summed E-state index contributed by atoms with van der Waals surface area (Å²) in [5.74, 6) is 1.00. The third kappa shape index (κ3) is 2.24. The largest absolute Gasteiger partial charge is 0.454 e. The van der Waals surface area contributed by atoms with Gasteiger partial charge in [-0.3, -0.25) is 0 Å². The van der Waals surface area contributed by atoms with Crippen LogP contribution in [0.15, 0.2) is 12.1 Å². The van der Waals surface area contributed by atoms with Crippen molar-refractivity contribution in [3.05, 3.63) is 23.3 Å². The molecule has 6 heteroatoms. The van der Waals surface area contributed by atoms with Crippen LogP contribution >= 0.6 is 0 Å². The summed E-state index contributed by atoms with van der Waals surface area (Å²) in [7, 11) is 0. The minimum atomic E-state index is -0.615. The van der Waals surface area contributed by atoms with Crippen molar-refractivity contribution in [3.8, 4) is 11.5 Å². The average Bonchev–Trinajstić information content (AvgIpc) is 3.12. The van der Waals surface area contributed by atoms with Crippen molar-refractivity contribution in [2.45, 2.75) is 63.7 Å². The molecular weight excluding hydrogens is 300 g/mol. The van der Waals surface area contributed by atoms with Crippen LogP contribution in [0.5, 0.6) is 11.5 Å². The molecule has 0 unspecified atom stereocenters. The van der Waals surface area contributed by atoms with Gasteiger partial charge in [0.2, 0.25) is 6.79 Å². The summed E-state index contributed by atoms with van der Waals surface area (Å²) in [6.07, 6.45) is 1.19. The zero-order valence-electron chi connectivity index (χ0n) is 13.2. The Morgan fingerprint density at radius 2 is 1.78 bits per heavy atom. The van der Waals surface area contributed by atoms with Crippen LogP contribution in [-0.4, -0.2) is 37.2 Å². The van der Waals surface area contributed by atoms with E-state index in [9.17, 15) is 0 Å². The second-order valence-electron chi connectivity index (χ2n) is 6.93. The van der Waals surface area contributed by atoms with Crippen molar-refractivity contribution in [1.82, 2.24) is 0 Å². The first kappa shape index (κ1) is 14.0. The third-order valence-electron chi connectivity index (χ3n) is 4.91. The molecule has 0 spiro atoms. The Morgan fingerprint density at radius 1 is 1.00 bits per heavy atom. The van der Waals surface area contributed by atoms with Crippen LogP contribution in [0.3, 0.4) is 0 Å². The lowest BCUT2D eigenvalue weighted by Gasteiger charge is -2.28. The highest BCUT2D eigenvalue weighted by molar-refractivity contribution is 5.48. The van der Waals surface area contributed by atoms with Crippen LogP contribution in [0, 0.1) is 0 Å². The van der Waals surface area contributed by atoms with Crippen LogP contribution in [0.1, 0.15) is 31.4 Å². The van der Waals surface area contributed by atoms with Gasteiger partial charge in [0.05, 0.1) is 12.7 Å². The lowest BCUT2D eigenvalue weighted by atomic mass is 9.96. The molecule has 4 atom stereocenters.